The molecule has 23 heavy (non-hydrogen) atoms. The Hall–Kier alpha value is -1.63. The topological polar surface area (TPSA) is 87.7 Å². The highest BCUT2D eigenvalue weighted by Gasteiger charge is 2.28. The number of ether oxygens (including phenoxy) is 1. The van der Waals surface area contributed by atoms with E-state index in [1.165, 1.54) is 0 Å². The van der Waals surface area contributed by atoms with Crippen LogP contribution >= 0.6 is 0 Å². The molecule has 7 heteroatoms. The van der Waals surface area contributed by atoms with Crippen molar-refractivity contribution in [3.63, 3.8) is 0 Å². The Labute approximate surface area is 137 Å². The van der Waals surface area contributed by atoms with E-state index in [0.717, 1.165) is 45.1 Å². The van der Waals surface area contributed by atoms with Crippen LogP contribution in [-0.2, 0) is 14.3 Å². The van der Waals surface area contributed by atoms with E-state index in [1.54, 1.807) is 6.92 Å². The van der Waals surface area contributed by atoms with Gasteiger partial charge in [0.15, 0.2) is 0 Å². The number of carbonyl (C=O) groups excluding carboxylic acids is 3. The van der Waals surface area contributed by atoms with Crippen LogP contribution in [0.5, 0.6) is 0 Å². The number of urea groups is 1. The van der Waals surface area contributed by atoms with Crippen molar-refractivity contribution >= 4 is 17.9 Å². The van der Waals surface area contributed by atoms with Crippen molar-refractivity contribution in [2.45, 2.75) is 51.5 Å². The minimum atomic E-state index is -0.416. The highest BCUT2D eigenvalue weighted by molar-refractivity contribution is 5.95. The summed E-state index contributed by atoms with van der Waals surface area (Å²) in [5.74, 6) is -0.703. The number of carbonyl (C=O) groups is 3. The molecule has 0 bridgehead atoms. The van der Waals surface area contributed by atoms with Gasteiger partial charge in [-0.25, -0.2) is 4.79 Å². The molecule has 2 fully saturated rings. The number of imide groups is 1. The second kappa shape index (κ2) is 8.86. The number of hydrogen-bond donors (Lipinski definition) is 2. The standard InChI is InChI=1S/C16H27N3O4/c1-2-23-15(21)12-6-5-9-19(10-12)11-14(20)18-16(22)17-13-7-3-4-8-13/h12-13H,2-11H2,1H3,(H2,17,18,20,22)/t12-/m1/s1. The van der Waals surface area contributed by atoms with Crippen molar-refractivity contribution in [3.8, 4) is 0 Å². The van der Waals surface area contributed by atoms with Crippen LogP contribution in [0, 0.1) is 5.92 Å². The number of nitrogens with one attached hydrogen (secondary N) is 2. The Balaban J connectivity index is 1.71. The molecule has 3 amide bonds. The fourth-order valence-electron chi connectivity index (χ4n) is 3.31. The van der Waals surface area contributed by atoms with Crippen LogP contribution < -0.4 is 10.6 Å². The van der Waals surface area contributed by atoms with Crippen molar-refractivity contribution in [1.29, 1.82) is 0 Å². The van der Waals surface area contributed by atoms with E-state index in [-0.39, 0.29) is 30.4 Å². The third-order valence-corrected chi connectivity index (χ3v) is 4.44. The molecular formula is C16H27N3O4. The highest BCUT2D eigenvalue weighted by atomic mass is 16.5. The van der Waals surface area contributed by atoms with E-state index in [9.17, 15) is 14.4 Å². The number of likely N-dealkylation sites (tertiary alicyclic amines) is 1. The van der Waals surface area contributed by atoms with Crippen LogP contribution in [0.25, 0.3) is 0 Å². The molecule has 130 valence electrons. The molecule has 2 aliphatic rings. The fraction of sp³-hybridized carbons (Fsp3) is 0.812. The molecule has 0 radical (unpaired) electrons. The minimum Gasteiger partial charge on any atom is -0.466 e. The number of esters is 1. The molecule has 2 N–H and O–H groups in total. The average molecular weight is 325 g/mol. The largest absolute Gasteiger partial charge is 0.466 e. The smallest absolute Gasteiger partial charge is 0.321 e. The van der Waals surface area contributed by atoms with Crippen molar-refractivity contribution in [2.24, 2.45) is 5.92 Å². The van der Waals surface area contributed by atoms with E-state index in [2.05, 4.69) is 10.6 Å². The van der Waals surface area contributed by atoms with Gasteiger partial charge in [-0.05, 0) is 39.2 Å². The van der Waals surface area contributed by atoms with Crippen molar-refractivity contribution in [1.82, 2.24) is 15.5 Å². The van der Waals surface area contributed by atoms with E-state index < -0.39 is 6.03 Å². The third-order valence-electron chi connectivity index (χ3n) is 4.44. The molecule has 0 unspecified atom stereocenters. The summed E-state index contributed by atoms with van der Waals surface area (Å²) >= 11 is 0. The number of nitrogens with zero attached hydrogens (tertiary/aromatic N) is 1. The Morgan fingerprint density at radius 1 is 1.13 bits per heavy atom. The zero-order chi connectivity index (χ0) is 16.7. The maximum Gasteiger partial charge on any atom is 0.321 e. The van der Waals surface area contributed by atoms with Crippen LogP contribution in [-0.4, -0.2) is 55.1 Å². The Morgan fingerprint density at radius 2 is 1.87 bits per heavy atom. The van der Waals surface area contributed by atoms with Gasteiger partial charge in [-0.2, -0.15) is 0 Å². The summed E-state index contributed by atoms with van der Waals surface area (Å²) in [5.41, 5.74) is 0. The summed E-state index contributed by atoms with van der Waals surface area (Å²) in [6, 6.07) is -0.230. The summed E-state index contributed by atoms with van der Waals surface area (Å²) in [6.07, 6.45) is 5.86. The quantitative estimate of drug-likeness (QED) is 0.737. The molecule has 1 aliphatic heterocycles. The SMILES string of the molecule is CCOC(=O)[C@@H]1CCCN(CC(=O)NC(=O)NC2CCCC2)C1. The summed E-state index contributed by atoms with van der Waals surface area (Å²) in [7, 11) is 0. The molecule has 0 aromatic rings. The van der Waals surface area contributed by atoms with Crippen LogP contribution in [0.2, 0.25) is 0 Å². The second-order valence-corrected chi connectivity index (χ2v) is 6.33. The maximum absolute atomic E-state index is 12.0. The second-order valence-electron chi connectivity index (χ2n) is 6.33. The van der Waals surface area contributed by atoms with Crippen LogP contribution in [0.1, 0.15) is 45.4 Å². The lowest BCUT2D eigenvalue weighted by molar-refractivity contribution is -0.150. The Morgan fingerprint density at radius 3 is 2.57 bits per heavy atom. The number of hydrogen-bond acceptors (Lipinski definition) is 5. The van der Waals surface area contributed by atoms with Gasteiger partial charge >= 0.3 is 12.0 Å². The zero-order valence-electron chi connectivity index (χ0n) is 13.8. The summed E-state index contributed by atoms with van der Waals surface area (Å²) in [4.78, 5) is 37.4. The van der Waals surface area contributed by atoms with Gasteiger partial charge in [0, 0.05) is 12.6 Å². The monoisotopic (exact) mass is 325 g/mol. The lowest BCUT2D eigenvalue weighted by Gasteiger charge is -2.30. The van der Waals surface area contributed by atoms with Crippen molar-refractivity contribution in [3.05, 3.63) is 0 Å². The number of rotatable bonds is 5. The van der Waals surface area contributed by atoms with Gasteiger partial charge in [0.05, 0.1) is 19.1 Å². The first kappa shape index (κ1) is 17.7. The minimum absolute atomic E-state index is 0.133. The number of piperidine rings is 1. The highest BCUT2D eigenvalue weighted by Crippen LogP contribution is 2.18. The average Bonchev–Trinajstić information content (AvgIpc) is 3.00. The molecule has 7 nitrogen and oxygen atoms in total. The van der Waals surface area contributed by atoms with E-state index >= 15 is 0 Å². The first-order chi connectivity index (χ1) is 11.1. The molecule has 1 atom stereocenters. The Bertz CT molecular complexity index is 435. The first-order valence-electron chi connectivity index (χ1n) is 8.57. The molecule has 1 heterocycles. The molecule has 0 spiro atoms. The predicted molar refractivity (Wildman–Crippen MR) is 84.7 cm³/mol. The van der Waals surface area contributed by atoms with Crippen molar-refractivity contribution in [2.75, 3.05) is 26.2 Å². The van der Waals surface area contributed by atoms with Crippen LogP contribution in [0.3, 0.4) is 0 Å². The lowest BCUT2D eigenvalue weighted by Crippen LogP contribution is -2.49. The fourth-order valence-corrected chi connectivity index (χ4v) is 3.31. The molecule has 1 saturated heterocycles. The molecular weight excluding hydrogens is 298 g/mol. The maximum atomic E-state index is 12.0. The van der Waals surface area contributed by atoms with E-state index in [0.29, 0.717) is 13.2 Å². The van der Waals surface area contributed by atoms with Gasteiger partial charge in [-0.3, -0.25) is 19.8 Å². The van der Waals surface area contributed by atoms with Gasteiger partial charge in [0.1, 0.15) is 0 Å². The van der Waals surface area contributed by atoms with Gasteiger partial charge in [-0.1, -0.05) is 12.8 Å². The summed E-state index contributed by atoms with van der Waals surface area (Å²) in [5, 5.41) is 5.20. The molecule has 0 aromatic carbocycles. The van der Waals surface area contributed by atoms with Crippen molar-refractivity contribution < 1.29 is 19.1 Å². The Kier molecular flexibility index (Phi) is 6.83. The molecule has 1 saturated carbocycles. The van der Waals surface area contributed by atoms with Gasteiger partial charge < -0.3 is 10.1 Å². The van der Waals surface area contributed by atoms with Crippen LogP contribution in [0.15, 0.2) is 0 Å². The van der Waals surface area contributed by atoms with E-state index in [1.807, 2.05) is 4.90 Å². The van der Waals surface area contributed by atoms with E-state index in [4.69, 9.17) is 4.74 Å². The van der Waals surface area contributed by atoms with Gasteiger partial charge in [0.25, 0.3) is 0 Å². The van der Waals surface area contributed by atoms with Crippen LogP contribution in [0.4, 0.5) is 4.79 Å². The normalized spacial score (nSPS) is 22.6. The van der Waals surface area contributed by atoms with Gasteiger partial charge in [0.2, 0.25) is 5.91 Å². The third kappa shape index (κ3) is 5.82. The number of amides is 3. The molecule has 0 aromatic heterocycles. The lowest BCUT2D eigenvalue weighted by atomic mass is 9.98. The van der Waals surface area contributed by atoms with Gasteiger partial charge in [-0.15, -0.1) is 0 Å². The predicted octanol–water partition coefficient (Wildman–Crippen LogP) is 1.03. The zero-order valence-corrected chi connectivity index (χ0v) is 13.8. The summed E-state index contributed by atoms with van der Waals surface area (Å²) in [6.45, 7) is 3.56. The summed E-state index contributed by atoms with van der Waals surface area (Å²) < 4.78 is 5.04. The molecule has 1 aliphatic carbocycles. The first-order valence-corrected chi connectivity index (χ1v) is 8.57. The molecule has 2 rings (SSSR count).